The number of anilines is 1. The predicted molar refractivity (Wildman–Crippen MR) is 99.0 cm³/mol. The normalized spacial score (nSPS) is 25.4. The van der Waals surface area contributed by atoms with E-state index in [1.54, 1.807) is 0 Å². The van der Waals surface area contributed by atoms with E-state index in [0.29, 0.717) is 0 Å². The van der Waals surface area contributed by atoms with Gasteiger partial charge in [0.1, 0.15) is 12.4 Å². The number of nitrogen functional groups attached to an aromatic ring is 1. The fourth-order valence-electron chi connectivity index (χ4n) is 3.34. The van der Waals surface area contributed by atoms with Crippen molar-refractivity contribution in [3.63, 3.8) is 0 Å². The number of ether oxygens (including phenoxy) is 2. The van der Waals surface area contributed by atoms with Gasteiger partial charge in [0.05, 0.1) is 25.6 Å². The van der Waals surface area contributed by atoms with Crippen LogP contribution in [0, 0.1) is 5.92 Å². The number of nitrogens with two attached hydrogens (primary N) is 1. The Morgan fingerprint density at radius 3 is 2.87 bits per heavy atom. The maximum atomic E-state index is 12.3. The van der Waals surface area contributed by atoms with Gasteiger partial charge >= 0.3 is 29.6 Å². The Hall–Kier alpha value is -1.61. The molecule has 3 aromatic heterocycles. The zero-order valence-corrected chi connectivity index (χ0v) is 19.6. The summed E-state index contributed by atoms with van der Waals surface area (Å²) in [5, 5.41) is 10.8. The second-order valence-electron chi connectivity index (χ2n) is 6.66. The van der Waals surface area contributed by atoms with Gasteiger partial charge in [-0.15, -0.1) is 0 Å². The van der Waals surface area contributed by atoms with Crippen molar-refractivity contribution in [2.24, 2.45) is 5.92 Å². The summed E-state index contributed by atoms with van der Waals surface area (Å²) in [7, 11) is -3.00. The summed E-state index contributed by atoms with van der Waals surface area (Å²) in [5.74, 6) is -0.748. The SMILES string of the molecule is COC[C@H]1[C@@H](O)[C@H](n2cnc3c(=O)[nH]c(N)nc32)O[C@@H]1COP(=O)([O-])n1ccnc1.[Na+]. The third-order valence-corrected chi connectivity index (χ3v) is 6.06. The van der Waals surface area contributed by atoms with E-state index in [4.69, 9.17) is 19.7 Å². The maximum absolute atomic E-state index is 12.3. The Morgan fingerprint density at radius 1 is 1.42 bits per heavy atom. The molecule has 1 aliphatic rings. The smallest absolute Gasteiger partial charge is 0.761 e. The van der Waals surface area contributed by atoms with Crippen LogP contribution in [-0.4, -0.2) is 66.5 Å². The Bertz CT molecular complexity index is 1140. The number of nitrogens with one attached hydrogen (secondary N) is 1. The number of aromatic amines is 1. The van der Waals surface area contributed by atoms with E-state index in [1.165, 1.54) is 30.4 Å². The van der Waals surface area contributed by atoms with Crippen molar-refractivity contribution in [3.8, 4) is 0 Å². The average Bonchev–Trinajstić information content (AvgIpc) is 3.41. The molecule has 0 radical (unpaired) electrons. The van der Waals surface area contributed by atoms with Crippen molar-refractivity contribution < 1.29 is 58.1 Å². The number of methoxy groups -OCH3 is 1. The molecule has 3 aromatic rings. The number of H-pyrrole nitrogens is 1. The van der Waals surface area contributed by atoms with Crippen LogP contribution in [0.15, 0.2) is 29.8 Å². The van der Waals surface area contributed by atoms with E-state index in [9.17, 15) is 19.4 Å². The summed E-state index contributed by atoms with van der Waals surface area (Å²) < 4.78 is 30.6. The second-order valence-corrected chi connectivity index (χ2v) is 8.31. The first-order valence-corrected chi connectivity index (χ1v) is 10.3. The van der Waals surface area contributed by atoms with Gasteiger partial charge in [0.2, 0.25) is 13.7 Å². The molecule has 1 fully saturated rings. The minimum atomic E-state index is -4.44. The summed E-state index contributed by atoms with van der Waals surface area (Å²) in [6.45, 7) is -0.300. The summed E-state index contributed by atoms with van der Waals surface area (Å²) in [6, 6.07) is 0. The Kier molecular flexibility index (Phi) is 7.35. The van der Waals surface area contributed by atoms with Crippen LogP contribution in [-0.2, 0) is 18.6 Å². The van der Waals surface area contributed by atoms with E-state index in [0.717, 1.165) is 10.7 Å². The van der Waals surface area contributed by atoms with Crippen molar-refractivity contribution in [2.75, 3.05) is 26.1 Å². The summed E-state index contributed by atoms with van der Waals surface area (Å²) in [4.78, 5) is 38.3. The molecule has 0 aromatic carbocycles. The standard InChI is InChI=1S/C15H20N7O7P.Na/c1-27-4-8-9(5-28-30(25,26)21-3-2-17-6-21)29-14(11(8)23)22-7-18-10-12(22)19-15(16)20-13(10)24;/h2-3,6-9,11,14,23H,4-5H2,1H3,(H,25,26)(H3,16,19,20,24);/q;+1/p-1/t8-,9-,11-,14-;/m1./s1. The van der Waals surface area contributed by atoms with Crippen molar-refractivity contribution >= 4 is 24.9 Å². The molecule has 4 rings (SSSR count). The Balaban J connectivity index is 0.00000272. The van der Waals surface area contributed by atoms with E-state index < -0.39 is 37.7 Å². The molecule has 1 aliphatic heterocycles. The zero-order chi connectivity index (χ0) is 21.5. The summed E-state index contributed by atoms with van der Waals surface area (Å²) in [6.07, 6.45) is 1.94. The van der Waals surface area contributed by atoms with Crippen LogP contribution in [0.4, 0.5) is 5.95 Å². The van der Waals surface area contributed by atoms with Gasteiger partial charge in [0.25, 0.3) is 5.56 Å². The van der Waals surface area contributed by atoms with Crippen LogP contribution in [0.25, 0.3) is 11.2 Å². The van der Waals surface area contributed by atoms with E-state index in [2.05, 4.69) is 19.9 Å². The van der Waals surface area contributed by atoms with Gasteiger partial charge in [0, 0.05) is 25.4 Å². The Labute approximate surface area is 197 Å². The monoisotopic (exact) mass is 463 g/mol. The van der Waals surface area contributed by atoms with E-state index in [-0.39, 0.29) is 59.9 Å². The first-order valence-electron chi connectivity index (χ1n) is 8.81. The average molecular weight is 463 g/mol. The fourth-order valence-corrected chi connectivity index (χ4v) is 4.22. The number of hydrogen-bond donors (Lipinski definition) is 3. The minimum Gasteiger partial charge on any atom is -0.761 e. The topological polar surface area (TPSA) is 195 Å². The van der Waals surface area contributed by atoms with Crippen LogP contribution < -0.4 is 45.7 Å². The quantitative estimate of drug-likeness (QED) is 0.225. The van der Waals surface area contributed by atoms with Gasteiger partial charge < -0.3 is 29.7 Å². The molecule has 162 valence electrons. The number of nitrogens with zero attached hydrogens (tertiary/aromatic N) is 5. The van der Waals surface area contributed by atoms with Crippen LogP contribution in [0.2, 0.25) is 0 Å². The molecule has 0 spiro atoms. The first kappa shape index (κ1) is 24.0. The largest absolute Gasteiger partial charge is 1.00 e. The fraction of sp³-hybridized carbons (Fsp3) is 0.467. The minimum absolute atomic E-state index is 0. The van der Waals surface area contributed by atoms with Gasteiger partial charge in [-0.25, -0.2) is 9.97 Å². The zero-order valence-electron chi connectivity index (χ0n) is 16.7. The van der Waals surface area contributed by atoms with E-state index in [1.807, 2.05) is 0 Å². The van der Waals surface area contributed by atoms with Crippen molar-refractivity contribution in [2.45, 2.75) is 18.4 Å². The van der Waals surface area contributed by atoms with Crippen molar-refractivity contribution in [1.82, 2.24) is 28.8 Å². The molecule has 4 N–H and O–H groups in total. The second kappa shape index (κ2) is 9.48. The van der Waals surface area contributed by atoms with Gasteiger partial charge in [0.15, 0.2) is 17.4 Å². The molecule has 0 amide bonds. The molecular formula is C15H19N7NaO7P. The summed E-state index contributed by atoms with van der Waals surface area (Å²) in [5.41, 5.74) is 5.21. The first-order chi connectivity index (χ1) is 14.3. The van der Waals surface area contributed by atoms with Crippen LogP contribution >= 0.6 is 7.75 Å². The van der Waals surface area contributed by atoms with Crippen LogP contribution in [0.3, 0.4) is 0 Å². The molecule has 31 heavy (non-hydrogen) atoms. The maximum Gasteiger partial charge on any atom is 1.00 e. The number of hydrogen-bond acceptors (Lipinski definition) is 11. The number of aliphatic hydroxyl groups is 1. The van der Waals surface area contributed by atoms with Gasteiger partial charge in [-0.3, -0.25) is 23.2 Å². The molecule has 0 aliphatic carbocycles. The predicted octanol–water partition coefficient (Wildman–Crippen LogP) is -4.54. The molecule has 0 saturated carbocycles. The van der Waals surface area contributed by atoms with Gasteiger partial charge in [-0.1, -0.05) is 0 Å². The Morgan fingerprint density at radius 2 is 2.19 bits per heavy atom. The molecular weight excluding hydrogens is 444 g/mol. The van der Waals surface area contributed by atoms with Crippen LogP contribution in [0.1, 0.15) is 6.23 Å². The molecule has 16 heteroatoms. The van der Waals surface area contributed by atoms with Gasteiger partial charge in [-0.2, -0.15) is 4.98 Å². The number of imidazole rings is 2. The van der Waals surface area contributed by atoms with Crippen LogP contribution in [0.5, 0.6) is 0 Å². The molecule has 14 nitrogen and oxygen atoms in total. The molecule has 5 atom stereocenters. The van der Waals surface area contributed by atoms with Gasteiger partial charge in [-0.05, 0) is 0 Å². The number of rotatable bonds is 7. The van der Waals surface area contributed by atoms with E-state index >= 15 is 0 Å². The number of fused-ring (bicyclic) bond motifs is 1. The molecule has 4 heterocycles. The number of aromatic nitrogens is 6. The number of aliphatic hydroxyl groups excluding tert-OH is 1. The summed E-state index contributed by atoms with van der Waals surface area (Å²) >= 11 is 0. The molecule has 0 bridgehead atoms. The molecule has 1 saturated heterocycles. The molecule has 1 unspecified atom stereocenters. The van der Waals surface area contributed by atoms with Crippen molar-refractivity contribution in [3.05, 3.63) is 35.4 Å². The van der Waals surface area contributed by atoms with Crippen molar-refractivity contribution in [1.29, 1.82) is 0 Å². The third-order valence-electron chi connectivity index (χ3n) is 4.78. The third kappa shape index (κ3) is 4.62.